The molecule has 3 heterocycles. The summed E-state index contributed by atoms with van der Waals surface area (Å²) in [4.78, 5) is 22.0. The molecule has 6 heteroatoms. The van der Waals surface area contributed by atoms with Gasteiger partial charge in [0.2, 0.25) is 5.91 Å². The predicted molar refractivity (Wildman–Crippen MR) is 87.6 cm³/mol. The average molecular weight is 309 g/mol. The third-order valence-electron chi connectivity index (χ3n) is 4.49. The Labute approximate surface area is 133 Å². The molecule has 0 radical (unpaired) electrons. The first kappa shape index (κ1) is 14.0. The van der Waals surface area contributed by atoms with Gasteiger partial charge in [0.05, 0.1) is 12.6 Å². The monoisotopic (exact) mass is 309 g/mol. The smallest absolute Gasteiger partial charge is 0.240 e. The number of para-hydroxylation sites is 1. The van der Waals surface area contributed by atoms with Crippen LogP contribution in [0.4, 0.5) is 0 Å². The highest BCUT2D eigenvalue weighted by atomic mass is 16.2. The summed E-state index contributed by atoms with van der Waals surface area (Å²) in [6.45, 7) is 2.00. The fourth-order valence-electron chi connectivity index (χ4n) is 3.22. The highest BCUT2D eigenvalue weighted by molar-refractivity contribution is 5.86. The Morgan fingerprint density at radius 2 is 2.22 bits per heavy atom. The number of nitrogens with two attached hydrogens (primary N) is 1. The molecule has 0 spiro atoms. The van der Waals surface area contributed by atoms with Crippen LogP contribution in [-0.2, 0) is 24.3 Å². The summed E-state index contributed by atoms with van der Waals surface area (Å²) in [7, 11) is 0. The zero-order valence-corrected chi connectivity index (χ0v) is 12.8. The van der Waals surface area contributed by atoms with E-state index in [1.54, 1.807) is 6.20 Å². The van der Waals surface area contributed by atoms with Crippen molar-refractivity contribution in [3.63, 3.8) is 0 Å². The number of nitrogens with one attached hydrogen (secondary N) is 1. The third-order valence-corrected chi connectivity index (χ3v) is 4.49. The minimum atomic E-state index is -0.532. The molecule has 0 saturated heterocycles. The van der Waals surface area contributed by atoms with Crippen LogP contribution in [-0.4, -0.2) is 37.9 Å². The predicted octanol–water partition coefficient (Wildman–Crippen LogP) is 1.28. The lowest BCUT2D eigenvalue weighted by atomic mass is 10.0. The quantitative estimate of drug-likeness (QED) is 0.765. The fourth-order valence-corrected chi connectivity index (χ4v) is 3.22. The van der Waals surface area contributed by atoms with E-state index in [4.69, 9.17) is 5.73 Å². The van der Waals surface area contributed by atoms with Crippen LogP contribution in [0.15, 0.2) is 42.9 Å². The van der Waals surface area contributed by atoms with Crippen molar-refractivity contribution < 1.29 is 4.79 Å². The summed E-state index contributed by atoms with van der Waals surface area (Å²) >= 11 is 0. The minimum Gasteiger partial charge on any atom is -0.361 e. The van der Waals surface area contributed by atoms with Crippen molar-refractivity contribution in [1.82, 2.24) is 19.4 Å². The van der Waals surface area contributed by atoms with Crippen molar-refractivity contribution in [3.05, 3.63) is 54.2 Å². The molecule has 2 aromatic heterocycles. The van der Waals surface area contributed by atoms with Gasteiger partial charge in [0.1, 0.15) is 5.82 Å². The van der Waals surface area contributed by atoms with Gasteiger partial charge in [-0.1, -0.05) is 18.2 Å². The second-order valence-electron chi connectivity index (χ2n) is 5.97. The van der Waals surface area contributed by atoms with Crippen molar-refractivity contribution >= 4 is 16.8 Å². The maximum Gasteiger partial charge on any atom is 0.240 e. The molecule has 0 bridgehead atoms. The molecule has 1 aliphatic heterocycles. The van der Waals surface area contributed by atoms with E-state index < -0.39 is 6.04 Å². The Balaban J connectivity index is 1.49. The van der Waals surface area contributed by atoms with Gasteiger partial charge in [-0.15, -0.1) is 0 Å². The fraction of sp³-hybridized carbons (Fsp3) is 0.294. The molecule has 6 nitrogen and oxygen atoms in total. The Bertz CT molecular complexity index is 849. The number of H-pyrrole nitrogens is 1. The Morgan fingerprint density at radius 3 is 3.13 bits per heavy atom. The summed E-state index contributed by atoms with van der Waals surface area (Å²) in [5.41, 5.74) is 8.35. The normalized spacial score (nSPS) is 15.6. The van der Waals surface area contributed by atoms with E-state index in [0.717, 1.165) is 28.8 Å². The van der Waals surface area contributed by atoms with Gasteiger partial charge in [-0.05, 0) is 18.1 Å². The lowest BCUT2D eigenvalue weighted by molar-refractivity contribution is -0.134. The SMILES string of the molecule is N[C@@H](Cc1c[nH]c2ccccc12)C(=O)N1CCn2ccnc2C1. The van der Waals surface area contributed by atoms with E-state index in [1.165, 1.54) is 0 Å². The van der Waals surface area contributed by atoms with Crippen molar-refractivity contribution in [2.45, 2.75) is 25.6 Å². The molecule has 1 aliphatic rings. The van der Waals surface area contributed by atoms with Gasteiger partial charge in [0, 0.05) is 42.6 Å². The number of carbonyl (C=O) groups excluding carboxylic acids is 1. The maximum absolute atomic E-state index is 12.6. The molecule has 3 N–H and O–H groups in total. The van der Waals surface area contributed by atoms with Crippen LogP contribution in [0.3, 0.4) is 0 Å². The van der Waals surface area contributed by atoms with Crippen LogP contribution in [0.5, 0.6) is 0 Å². The molecule has 0 unspecified atom stereocenters. The number of fused-ring (bicyclic) bond motifs is 2. The molecular formula is C17H19N5O. The van der Waals surface area contributed by atoms with Gasteiger partial charge in [-0.2, -0.15) is 0 Å². The zero-order valence-electron chi connectivity index (χ0n) is 12.8. The van der Waals surface area contributed by atoms with Crippen LogP contribution >= 0.6 is 0 Å². The van der Waals surface area contributed by atoms with Crippen LogP contribution in [0.1, 0.15) is 11.4 Å². The van der Waals surface area contributed by atoms with E-state index >= 15 is 0 Å². The molecule has 118 valence electrons. The highest BCUT2D eigenvalue weighted by Gasteiger charge is 2.26. The molecule has 0 saturated carbocycles. The summed E-state index contributed by atoms with van der Waals surface area (Å²) < 4.78 is 2.08. The van der Waals surface area contributed by atoms with E-state index in [9.17, 15) is 4.79 Å². The lowest BCUT2D eigenvalue weighted by Gasteiger charge is -2.29. The number of aromatic amines is 1. The van der Waals surface area contributed by atoms with Gasteiger partial charge in [0.15, 0.2) is 0 Å². The summed E-state index contributed by atoms with van der Waals surface area (Å²) in [5, 5.41) is 1.13. The summed E-state index contributed by atoms with van der Waals surface area (Å²) in [6, 6.07) is 7.53. The first-order chi connectivity index (χ1) is 11.2. The molecular weight excluding hydrogens is 290 g/mol. The van der Waals surface area contributed by atoms with E-state index in [0.29, 0.717) is 19.5 Å². The lowest BCUT2D eigenvalue weighted by Crippen LogP contribution is -2.47. The summed E-state index contributed by atoms with van der Waals surface area (Å²) in [6.07, 6.45) is 6.20. The third kappa shape index (κ3) is 2.51. The van der Waals surface area contributed by atoms with Crippen molar-refractivity contribution in [2.24, 2.45) is 5.73 Å². The first-order valence-electron chi connectivity index (χ1n) is 7.82. The van der Waals surface area contributed by atoms with E-state index in [1.807, 2.05) is 35.5 Å². The Hall–Kier alpha value is -2.60. The number of imidazole rings is 1. The van der Waals surface area contributed by atoms with Gasteiger partial charge >= 0.3 is 0 Å². The second-order valence-corrected chi connectivity index (χ2v) is 5.97. The number of aromatic nitrogens is 3. The molecule has 1 aromatic carbocycles. The second kappa shape index (κ2) is 5.55. The maximum atomic E-state index is 12.6. The summed E-state index contributed by atoms with van der Waals surface area (Å²) in [5.74, 6) is 0.911. The van der Waals surface area contributed by atoms with Crippen molar-refractivity contribution in [3.8, 4) is 0 Å². The van der Waals surface area contributed by atoms with Gasteiger partial charge in [0.25, 0.3) is 0 Å². The number of hydrogen-bond donors (Lipinski definition) is 2. The standard InChI is InChI=1S/C17H19N5O/c18-14(9-12-10-20-15-4-2-1-3-13(12)15)17(23)22-8-7-21-6-5-19-16(21)11-22/h1-6,10,14,20H,7-9,11,18H2/t14-/m0/s1. The molecule has 3 aromatic rings. The molecule has 0 aliphatic carbocycles. The molecule has 0 fully saturated rings. The minimum absolute atomic E-state index is 0.00969. The number of rotatable bonds is 3. The average Bonchev–Trinajstić information content (AvgIpc) is 3.20. The van der Waals surface area contributed by atoms with E-state index in [2.05, 4.69) is 20.6 Å². The van der Waals surface area contributed by atoms with E-state index in [-0.39, 0.29) is 5.91 Å². The van der Waals surface area contributed by atoms with Gasteiger partial charge < -0.3 is 20.2 Å². The van der Waals surface area contributed by atoms with Crippen LogP contribution in [0.2, 0.25) is 0 Å². The van der Waals surface area contributed by atoms with Gasteiger partial charge in [-0.3, -0.25) is 4.79 Å². The Morgan fingerprint density at radius 1 is 1.35 bits per heavy atom. The number of carbonyl (C=O) groups is 1. The topological polar surface area (TPSA) is 79.9 Å². The van der Waals surface area contributed by atoms with Crippen LogP contribution in [0.25, 0.3) is 10.9 Å². The first-order valence-corrected chi connectivity index (χ1v) is 7.82. The van der Waals surface area contributed by atoms with Gasteiger partial charge in [-0.25, -0.2) is 4.98 Å². The Kier molecular flexibility index (Phi) is 3.38. The number of benzene rings is 1. The number of nitrogens with zero attached hydrogens (tertiary/aromatic N) is 3. The van der Waals surface area contributed by atoms with Crippen LogP contribution in [0, 0.1) is 0 Å². The molecule has 1 atom stereocenters. The molecule has 4 rings (SSSR count). The van der Waals surface area contributed by atoms with Crippen molar-refractivity contribution in [2.75, 3.05) is 6.54 Å². The molecule has 23 heavy (non-hydrogen) atoms. The zero-order chi connectivity index (χ0) is 15.8. The van der Waals surface area contributed by atoms with Crippen molar-refractivity contribution in [1.29, 1.82) is 0 Å². The largest absolute Gasteiger partial charge is 0.361 e. The number of amides is 1. The molecule has 1 amide bonds. The number of hydrogen-bond acceptors (Lipinski definition) is 3. The van der Waals surface area contributed by atoms with Crippen LogP contribution < -0.4 is 5.73 Å². The highest BCUT2D eigenvalue weighted by Crippen LogP contribution is 2.20.